The molecule has 1 atom stereocenters. The first kappa shape index (κ1) is 14.5. The van der Waals surface area contributed by atoms with E-state index in [0.717, 1.165) is 31.5 Å². The Kier molecular flexibility index (Phi) is 6.00. The van der Waals surface area contributed by atoms with E-state index in [1.54, 1.807) is 6.07 Å². The van der Waals surface area contributed by atoms with Crippen LogP contribution < -0.4 is 4.90 Å². The zero-order valence-corrected chi connectivity index (χ0v) is 12.1. The molecule has 0 fully saturated rings. The number of rotatable bonds is 6. The summed E-state index contributed by atoms with van der Waals surface area (Å²) in [5.74, 6) is 0. The van der Waals surface area contributed by atoms with E-state index in [9.17, 15) is 0 Å². The molecule has 1 heterocycles. The van der Waals surface area contributed by atoms with Crippen molar-refractivity contribution in [2.45, 2.75) is 46.1 Å². The molecule has 0 aliphatic rings. The average molecular weight is 276 g/mol. The highest BCUT2D eigenvalue weighted by Crippen LogP contribution is 2.28. The third kappa shape index (κ3) is 4.00. The van der Waals surface area contributed by atoms with E-state index in [1.807, 2.05) is 0 Å². The molecule has 0 saturated carbocycles. The van der Waals surface area contributed by atoms with Crippen molar-refractivity contribution in [1.82, 2.24) is 10.2 Å². The lowest BCUT2D eigenvalue weighted by Gasteiger charge is -2.31. The maximum Gasteiger partial charge on any atom is 0.175 e. The molecule has 0 aliphatic carbocycles. The summed E-state index contributed by atoms with van der Waals surface area (Å²) >= 11 is 12.0. The Morgan fingerprint density at radius 2 is 2.00 bits per heavy atom. The second-order valence-electron chi connectivity index (χ2n) is 4.15. The van der Waals surface area contributed by atoms with Crippen LogP contribution in [0.4, 0.5) is 5.69 Å². The zero-order valence-electron chi connectivity index (χ0n) is 10.6. The molecule has 1 unspecified atom stereocenters. The number of aromatic nitrogens is 2. The van der Waals surface area contributed by atoms with Gasteiger partial charge >= 0.3 is 0 Å². The van der Waals surface area contributed by atoms with E-state index in [0.29, 0.717) is 16.3 Å². The number of anilines is 1. The average Bonchev–Trinajstić information content (AvgIpc) is 2.33. The third-order valence-corrected chi connectivity index (χ3v) is 3.34. The second kappa shape index (κ2) is 7.02. The van der Waals surface area contributed by atoms with Crippen LogP contribution in [0, 0.1) is 0 Å². The van der Waals surface area contributed by atoms with Crippen LogP contribution in [-0.2, 0) is 0 Å². The third-order valence-electron chi connectivity index (χ3n) is 2.89. The number of nitrogens with zero attached hydrogens (tertiary/aromatic N) is 3. The zero-order chi connectivity index (χ0) is 12.8. The molecule has 0 bridgehead atoms. The van der Waals surface area contributed by atoms with Gasteiger partial charge < -0.3 is 4.90 Å². The Hall–Kier alpha value is -0.540. The molecule has 0 spiro atoms. The van der Waals surface area contributed by atoms with Crippen molar-refractivity contribution in [3.05, 3.63) is 16.4 Å². The molecular formula is C12H19Cl2N3. The van der Waals surface area contributed by atoms with Gasteiger partial charge in [-0.05, 0) is 19.8 Å². The predicted molar refractivity (Wildman–Crippen MR) is 74.1 cm³/mol. The van der Waals surface area contributed by atoms with Gasteiger partial charge in [-0.15, -0.1) is 10.2 Å². The van der Waals surface area contributed by atoms with Crippen molar-refractivity contribution in [3.8, 4) is 0 Å². The minimum Gasteiger partial charge on any atom is -0.366 e. The van der Waals surface area contributed by atoms with Crippen LogP contribution in [0.1, 0.15) is 40.0 Å². The Bertz CT molecular complexity index is 358. The van der Waals surface area contributed by atoms with Crippen LogP contribution in [0.3, 0.4) is 0 Å². The Morgan fingerprint density at radius 1 is 1.29 bits per heavy atom. The van der Waals surface area contributed by atoms with Gasteiger partial charge in [-0.1, -0.05) is 43.5 Å². The van der Waals surface area contributed by atoms with Gasteiger partial charge in [0.1, 0.15) is 0 Å². The molecule has 1 aromatic heterocycles. The Morgan fingerprint density at radius 3 is 2.59 bits per heavy atom. The second-order valence-corrected chi connectivity index (χ2v) is 4.89. The van der Waals surface area contributed by atoms with E-state index in [2.05, 4.69) is 35.9 Å². The molecule has 1 rings (SSSR count). The number of hydrogen-bond donors (Lipinski definition) is 0. The summed E-state index contributed by atoms with van der Waals surface area (Å²) in [5, 5.41) is 8.42. The quantitative estimate of drug-likeness (QED) is 0.780. The van der Waals surface area contributed by atoms with Gasteiger partial charge in [0.2, 0.25) is 0 Å². The first-order chi connectivity index (χ1) is 8.10. The SMILES string of the molecule is CCCCN(c1cc(Cl)nnc1Cl)C(C)CC. The van der Waals surface area contributed by atoms with Crippen molar-refractivity contribution in [2.75, 3.05) is 11.4 Å². The van der Waals surface area contributed by atoms with Crippen molar-refractivity contribution in [3.63, 3.8) is 0 Å². The first-order valence-corrected chi connectivity index (χ1v) is 6.81. The normalized spacial score (nSPS) is 12.5. The lowest BCUT2D eigenvalue weighted by molar-refractivity contribution is 0.594. The van der Waals surface area contributed by atoms with Gasteiger partial charge in [0.15, 0.2) is 10.3 Å². The molecule has 0 radical (unpaired) electrons. The Balaban J connectivity index is 2.98. The van der Waals surface area contributed by atoms with E-state index in [1.165, 1.54) is 0 Å². The lowest BCUT2D eigenvalue weighted by Crippen LogP contribution is -2.34. The highest BCUT2D eigenvalue weighted by molar-refractivity contribution is 6.33. The molecule has 5 heteroatoms. The van der Waals surface area contributed by atoms with Crippen LogP contribution in [0.25, 0.3) is 0 Å². The van der Waals surface area contributed by atoms with Crippen molar-refractivity contribution < 1.29 is 0 Å². The minimum absolute atomic E-state index is 0.384. The fourth-order valence-electron chi connectivity index (χ4n) is 1.67. The largest absolute Gasteiger partial charge is 0.366 e. The van der Waals surface area contributed by atoms with E-state index in [4.69, 9.17) is 23.2 Å². The molecule has 96 valence electrons. The van der Waals surface area contributed by atoms with Crippen LogP contribution in [0.15, 0.2) is 6.07 Å². The monoisotopic (exact) mass is 275 g/mol. The van der Waals surface area contributed by atoms with Crippen LogP contribution in [0.2, 0.25) is 10.3 Å². The topological polar surface area (TPSA) is 29.0 Å². The van der Waals surface area contributed by atoms with Gasteiger partial charge in [0.25, 0.3) is 0 Å². The summed E-state index contributed by atoms with van der Waals surface area (Å²) in [5.41, 5.74) is 0.884. The van der Waals surface area contributed by atoms with E-state index < -0.39 is 0 Å². The van der Waals surface area contributed by atoms with Crippen LogP contribution in [0.5, 0.6) is 0 Å². The fraction of sp³-hybridized carbons (Fsp3) is 0.667. The molecule has 3 nitrogen and oxygen atoms in total. The number of unbranched alkanes of at least 4 members (excludes halogenated alkanes) is 1. The number of halogens is 2. The first-order valence-electron chi connectivity index (χ1n) is 6.05. The Labute approximate surface area is 113 Å². The highest BCUT2D eigenvalue weighted by Gasteiger charge is 2.17. The molecule has 1 aromatic rings. The summed E-state index contributed by atoms with van der Waals surface area (Å²) in [6.07, 6.45) is 3.33. The molecule has 0 N–H and O–H groups in total. The van der Waals surface area contributed by atoms with Crippen LogP contribution in [-0.4, -0.2) is 22.8 Å². The lowest BCUT2D eigenvalue weighted by atomic mass is 10.2. The van der Waals surface area contributed by atoms with Crippen molar-refractivity contribution >= 4 is 28.9 Å². The van der Waals surface area contributed by atoms with Gasteiger partial charge in [-0.2, -0.15) is 0 Å². The summed E-state index contributed by atoms with van der Waals surface area (Å²) < 4.78 is 0. The van der Waals surface area contributed by atoms with Crippen LogP contribution >= 0.6 is 23.2 Å². The molecule has 17 heavy (non-hydrogen) atoms. The summed E-state index contributed by atoms with van der Waals surface area (Å²) in [6, 6.07) is 2.21. The maximum absolute atomic E-state index is 6.10. The molecule has 0 saturated heterocycles. The van der Waals surface area contributed by atoms with Gasteiger partial charge in [0.05, 0.1) is 5.69 Å². The van der Waals surface area contributed by atoms with Crippen molar-refractivity contribution in [2.24, 2.45) is 0 Å². The summed E-state index contributed by atoms with van der Waals surface area (Å²) in [6.45, 7) is 7.48. The van der Waals surface area contributed by atoms with Gasteiger partial charge in [-0.25, -0.2) is 0 Å². The van der Waals surface area contributed by atoms with E-state index in [-0.39, 0.29) is 0 Å². The predicted octanol–water partition coefficient (Wildman–Crippen LogP) is 4.19. The highest BCUT2D eigenvalue weighted by atomic mass is 35.5. The molecular weight excluding hydrogens is 257 g/mol. The van der Waals surface area contributed by atoms with E-state index >= 15 is 0 Å². The fourth-order valence-corrected chi connectivity index (χ4v) is 2.01. The molecule has 0 aromatic carbocycles. The van der Waals surface area contributed by atoms with Gasteiger partial charge in [-0.3, -0.25) is 0 Å². The maximum atomic E-state index is 6.10. The van der Waals surface area contributed by atoms with Gasteiger partial charge in [0, 0.05) is 18.7 Å². The minimum atomic E-state index is 0.384. The molecule has 0 amide bonds. The summed E-state index contributed by atoms with van der Waals surface area (Å²) in [7, 11) is 0. The number of hydrogen-bond acceptors (Lipinski definition) is 3. The standard InChI is InChI=1S/C12H19Cl2N3/c1-4-6-7-17(9(3)5-2)10-8-11(13)15-16-12(10)14/h8-9H,4-7H2,1-3H3. The smallest absolute Gasteiger partial charge is 0.175 e. The summed E-state index contributed by atoms with van der Waals surface area (Å²) in [4.78, 5) is 2.26. The van der Waals surface area contributed by atoms with Crippen molar-refractivity contribution in [1.29, 1.82) is 0 Å². The molecule has 0 aliphatic heterocycles.